The quantitative estimate of drug-likeness (QED) is 0.514. The first-order valence-corrected chi connectivity index (χ1v) is 8.35. The van der Waals surface area contributed by atoms with E-state index in [1.807, 2.05) is 19.1 Å². The number of pyridine rings is 1. The summed E-state index contributed by atoms with van der Waals surface area (Å²) in [4.78, 5) is 16.1. The van der Waals surface area contributed by atoms with Gasteiger partial charge in [-0.2, -0.15) is 0 Å². The predicted octanol–water partition coefficient (Wildman–Crippen LogP) is 4.78. The van der Waals surface area contributed by atoms with Crippen LogP contribution in [0.25, 0.3) is 10.9 Å². The molecule has 0 unspecified atom stereocenters. The largest absolute Gasteiger partial charge is 0.480 e. The van der Waals surface area contributed by atoms with Crippen molar-refractivity contribution in [1.82, 2.24) is 4.98 Å². The molecule has 2 aromatic rings. The average molecular weight is 336 g/mol. The van der Waals surface area contributed by atoms with Crippen molar-refractivity contribution in [2.75, 3.05) is 6.61 Å². The summed E-state index contributed by atoms with van der Waals surface area (Å²) >= 11 is 6.13. The van der Waals surface area contributed by atoms with Crippen molar-refractivity contribution in [2.45, 2.75) is 45.6 Å². The van der Waals surface area contributed by atoms with E-state index in [0.717, 1.165) is 31.1 Å². The topological polar surface area (TPSA) is 48.4 Å². The number of halogens is 1. The Kier molecular flexibility index (Phi) is 6.66. The lowest BCUT2D eigenvalue weighted by Crippen LogP contribution is -2.20. The van der Waals surface area contributed by atoms with Gasteiger partial charge in [0.2, 0.25) is 0 Å². The fraction of sp³-hybridized carbons (Fsp3) is 0.444. The van der Waals surface area contributed by atoms with Gasteiger partial charge in [-0.1, -0.05) is 31.4 Å². The van der Waals surface area contributed by atoms with Gasteiger partial charge < -0.3 is 9.47 Å². The third-order valence-electron chi connectivity index (χ3n) is 3.57. The number of nitrogens with zero attached hydrogens (tertiary/aromatic N) is 1. The highest BCUT2D eigenvalue weighted by molar-refractivity contribution is 6.35. The van der Waals surface area contributed by atoms with Gasteiger partial charge in [-0.3, -0.25) is 4.98 Å². The van der Waals surface area contributed by atoms with E-state index in [4.69, 9.17) is 21.1 Å². The minimum absolute atomic E-state index is 0.0854. The number of esters is 1. The van der Waals surface area contributed by atoms with Crippen molar-refractivity contribution >= 4 is 28.5 Å². The molecule has 2 rings (SSSR count). The molecule has 0 aliphatic carbocycles. The Morgan fingerprint density at radius 1 is 1.30 bits per heavy atom. The van der Waals surface area contributed by atoms with Gasteiger partial charge in [0.25, 0.3) is 0 Å². The highest BCUT2D eigenvalue weighted by Crippen LogP contribution is 2.29. The van der Waals surface area contributed by atoms with E-state index in [1.165, 1.54) is 0 Å². The Balaban J connectivity index is 1.91. The van der Waals surface area contributed by atoms with Crippen molar-refractivity contribution in [3.63, 3.8) is 0 Å². The monoisotopic (exact) mass is 335 g/mol. The van der Waals surface area contributed by atoms with Gasteiger partial charge in [0.1, 0.15) is 11.3 Å². The first kappa shape index (κ1) is 17.5. The highest BCUT2D eigenvalue weighted by Gasteiger charge is 2.12. The summed E-state index contributed by atoms with van der Waals surface area (Å²) in [5.41, 5.74) is 0.642. The van der Waals surface area contributed by atoms with Crippen LogP contribution in [0, 0.1) is 0 Å². The second-order valence-electron chi connectivity index (χ2n) is 5.53. The van der Waals surface area contributed by atoms with Crippen molar-refractivity contribution in [2.24, 2.45) is 0 Å². The second kappa shape index (κ2) is 8.73. The van der Waals surface area contributed by atoms with Crippen molar-refractivity contribution < 1.29 is 14.3 Å². The molecule has 1 heterocycles. The summed E-state index contributed by atoms with van der Waals surface area (Å²) in [6, 6.07) is 7.13. The van der Waals surface area contributed by atoms with E-state index in [2.05, 4.69) is 11.9 Å². The number of fused-ring (bicyclic) bond motifs is 1. The van der Waals surface area contributed by atoms with Crippen molar-refractivity contribution in [1.29, 1.82) is 0 Å². The number of hydrogen-bond donors (Lipinski definition) is 0. The van der Waals surface area contributed by atoms with E-state index >= 15 is 0 Å². The minimum Gasteiger partial charge on any atom is -0.480 e. The fourth-order valence-electron chi connectivity index (χ4n) is 2.36. The van der Waals surface area contributed by atoms with Crippen LogP contribution < -0.4 is 4.74 Å². The van der Waals surface area contributed by atoms with Crippen LogP contribution >= 0.6 is 11.6 Å². The Labute approximate surface area is 141 Å². The van der Waals surface area contributed by atoms with Gasteiger partial charge in [-0.15, -0.1) is 0 Å². The summed E-state index contributed by atoms with van der Waals surface area (Å²) in [7, 11) is 0. The molecule has 1 aromatic carbocycles. The van der Waals surface area contributed by atoms with Crippen molar-refractivity contribution in [3.8, 4) is 5.75 Å². The SMILES string of the molecule is CCCCC[C@@H](C)OC(=O)COc1ccc(Cl)c2cccnc12. The maximum absolute atomic E-state index is 11.9. The van der Waals surface area contributed by atoms with E-state index in [9.17, 15) is 4.79 Å². The zero-order valence-electron chi connectivity index (χ0n) is 13.5. The van der Waals surface area contributed by atoms with Crippen LogP contribution in [-0.4, -0.2) is 23.7 Å². The first-order chi connectivity index (χ1) is 11.1. The van der Waals surface area contributed by atoms with Gasteiger partial charge >= 0.3 is 5.97 Å². The fourth-order valence-corrected chi connectivity index (χ4v) is 2.58. The summed E-state index contributed by atoms with van der Waals surface area (Å²) in [6.45, 7) is 3.92. The van der Waals surface area contributed by atoms with Crippen LogP contribution in [0.1, 0.15) is 39.5 Å². The van der Waals surface area contributed by atoms with E-state index in [-0.39, 0.29) is 18.7 Å². The van der Waals surface area contributed by atoms with Gasteiger partial charge in [-0.05, 0) is 44.0 Å². The Morgan fingerprint density at radius 3 is 2.91 bits per heavy atom. The molecule has 0 amide bonds. The predicted molar refractivity (Wildman–Crippen MR) is 91.9 cm³/mol. The van der Waals surface area contributed by atoms with Crippen LogP contribution in [-0.2, 0) is 9.53 Å². The summed E-state index contributed by atoms with van der Waals surface area (Å²) in [6.07, 6.45) is 5.83. The Hall–Kier alpha value is -1.81. The smallest absolute Gasteiger partial charge is 0.344 e. The summed E-state index contributed by atoms with van der Waals surface area (Å²) in [5, 5.41) is 1.40. The van der Waals surface area contributed by atoms with Gasteiger partial charge in [-0.25, -0.2) is 4.79 Å². The zero-order valence-corrected chi connectivity index (χ0v) is 14.3. The number of aromatic nitrogens is 1. The zero-order chi connectivity index (χ0) is 16.7. The number of carbonyl (C=O) groups excluding carboxylic acids is 1. The minimum atomic E-state index is -0.368. The summed E-state index contributed by atoms with van der Waals surface area (Å²) < 4.78 is 10.9. The number of rotatable bonds is 8. The van der Waals surface area contributed by atoms with Crippen LogP contribution in [0.5, 0.6) is 5.75 Å². The van der Waals surface area contributed by atoms with Crippen LogP contribution in [0.2, 0.25) is 5.02 Å². The van der Waals surface area contributed by atoms with Gasteiger partial charge in [0.05, 0.1) is 11.1 Å². The number of benzene rings is 1. The molecular weight excluding hydrogens is 314 g/mol. The number of carbonyl (C=O) groups is 1. The van der Waals surface area contributed by atoms with Crippen LogP contribution in [0.3, 0.4) is 0 Å². The van der Waals surface area contributed by atoms with E-state index in [1.54, 1.807) is 18.3 Å². The van der Waals surface area contributed by atoms with Gasteiger partial charge in [0.15, 0.2) is 6.61 Å². The Bertz CT molecular complexity index is 660. The van der Waals surface area contributed by atoms with E-state index in [0.29, 0.717) is 16.3 Å². The highest BCUT2D eigenvalue weighted by atomic mass is 35.5. The van der Waals surface area contributed by atoms with Crippen molar-refractivity contribution in [3.05, 3.63) is 35.5 Å². The van der Waals surface area contributed by atoms with E-state index < -0.39 is 0 Å². The number of unbranched alkanes of at least 4 members (excludes halogenated alkanes) is 2. The molecule has 0 aliphatic rings. The molecule has 23 heavy (non-hydrogen) atoms. The molecule has 0 bridgehead atoms. The molecule has 0 N–H and O–H groups in total. The molecule has 0 saturated heterocycles. The molecule has 124 valence electrons. The summed E-state index contributed by atoms with van der Waals surface area (Å²) in [5.74, 6) is 0.161. The van der Waals surface area contributed by atoms with Gasteiger partial charge in [0, 0.05) is 11.6 Å². The third kappa shape index (κ3) is 5.10. The molecular formula is C18H22ClNO3. The second-order valence-corrected chi connectivity index (χ2v) is 5.94. The normalized spacial score (nSPS) is 12.1. The maximum atomic E-state index is 11.9. The molecule has 1 aromatic heterocycles. The number of ether oxygens (including phenoxy) is 2. The molecule has 0 saturated carbocycles. The van der Waals surface area contributed by atoms with Crippen LogP contribution in [0.4, 0.5) is 0 Å². The lowest BCUT2D eigenvalue weighted by Gasteiger charge is -2.14. The first-order valence-electron chi connectivity index (χ1n) is 7.97. The average Bonchev–Trinajstić information content (AvgIpc) is 2.55. The maximum Gasteiger partial charge on any atom is 0.344 e. The molecule has 0 aliphatic heterocycles. The molecule has 4 nitrogen and oxygen atoms in total. The lowest BCUT2D eigenvalue weighted by atomic mass is 10.1. The molecule has 5 heteroatoms. The lowest BCUT2D eigenvalue weighted by molar-refractivity contribution is -0.150. The Morgan fingerprint density at radius 2 is 2.13 bits per heavy atom. The molecule has 0 fully saturated rings. The molecule has 0 radical (unpaired) electrons. The third-order valence-corrected chi connectivity index (χ3v) is 3.90. The number of hydrogen-bond acceptors (Lipinski definition) is 4. The standard InChI is InChI=1S/C18H22ClNO3/c1-3-4-5-7-13(2)23-17(21)12-22-16-10-9-15(19)14-8-6-11-20-18(14)16/h6,8-11,13H,3-5,7,12H2,1-2H3/t13-/m1/s1. The molecule has 0 spiro atoms. The molecule has 1 atom stereocenters. The van der Waals surface area contributed by atoms with Crippen LogP contribution in [0.15, 0.2) is 30.5 Å².